The average molecular weight is 413 g/mol. The van der Waals surface area contributed by atoms with Gasteiger partial charge < -0.3 is 14.2 Å². The fraction of sp³-hybridized carbons (Fsp3) is 0.500. The molecule has 162 valence electrons. The molecule has 0 spiro atoms. The molecule has 0 aliphatic carbocycles. The van der Waals surface area contributed by atoms with Gasteiger partial charge in [-0.05, 0) is 68.7 Å². The molecule has 1 aromatic heterocycles. The van der Waals surface area contributed by atoms with Crippen molar-refractivity contribution in [2.24, 2.45) is 0 Å². The lowest BCUT2D eigenvalue weighted by Crippen LogP contribution is -2.40. The highest BCUT2D eigenvalue weighted by Crippen LogP contribution is 2.28. The molecule has 0 amide bonds. The molecule has 1 saturated heterocycles. The molecule has 0 saturated carbocycles. The monoisotopic (exact) mass is 412 g/mol. The Hall–Kier alpha value is -2.44. The Morgan fingerprint density at radius 3 is 2.70 bits per heavy atom. The van der Waals surface area contributed by atoms with Crippen molar-refractivity contribution >= 4 is 5.97 Å². The van der Waals surface area contributed by atoms with E-state index in [-0.39, 0.29) is 12.1 Å². The molecule has 1 aliphatic heterocycles. The van der Waals surface area contributed by atoms with Crippen LogP contribution in [0, 0.1) is 6.92 Å². The molecule has 1 atom stereocenters. The Bertz CT molecular complexity index is 833. The van der Waals surface area contributed by atoms with Crippen molar-refractivity contribution in [1.29, 1.82) is 0 Å². The summed E-state index contributed by atoms with van der Waals surface area (Å²) in [7, 11) is 0. The second-order valence-electron chi connectivity index (χ2n) is 8.66. The number of benzene rings is 1. The van der Waals surface area contributed by atoms with Crippen LogP contribution in [0.1, 0.15) is 50.0 Å². The molecule has 2 aromatic rings. The number of carbonyl (C=O) groups is 1. The van der Waals surface area contributed by atoms with Crippen LogP contribution in [-0.4, -0.2) is 47.7 Å². The van der Waals surface area contributed by atoms with E-state index in [0.717, 1.165) is 35.5 Å². The Kier molecular flexibility index (Phi) is 7.45. The first-order chi connectivity index (χ1) is 14.3. The number of nitrogens with zero attached hydrogens (tertiary/aromatic N) is 2. The first kappa shape index (κ1) is 22.2. The van der Waals surface area contributed by atoms with Crippen molar-refractivity contribution in [1.82, 2.24) is 9.88 Å². The fourth-order valence-corrected chi connectivity index (χ4v) is 3.48. The van der Waals surface area contributed by atoms with Crippen molar-refractivity contribution in [3.8, 4) is 5.75 Å². The summed E-state index contributed by atoms with van der Waals surface area (Å²) in [5.41, 5.74) is 2.94. The SMILES string of the molecule is Cc1cc(OCc2ccncc2)ccc1C1CN(CCC(=O)OC(C)(C)C)CCO1. The van der Waals surface area contributed by atoms with Gasteiger partial charge in [0.15, 0.2) is 0 Å². The number of hydrogen-bond acceptors (Lipinski definition) is 6. The van der Waals surface area contributed by atoms with E-state index in [1.807, 2.05) is 39.0 Å². The number of ether oxygens (including phenoxy) is 3. The Labute approximate surface area is 179 Å². The van der Waals surface area contributed by atoms with Crippen molar-refractivity contribution in [3.63, 3.8) is 0 Å². The van der Waals surface area contributed by atoms with Crippen LogP contribution >= 0.6 is 0 Å². The first-order valence-corrected chi connectivity index (χ1v) is 10.5. The lowest BCUT2D eigenvalue weighted by molar-refractivity contribution is -0.155. The minimum Gasteiger partial charge on any atom is -0.489 e. The Balaban J connectivity index is 1.54. The predicted molar refractivity (Wildman–Crippen MR) is 115 cm³/mol. The number of aryl methyl sites for hydroxylation is 1. The lowest BCUT2D eigenvalue weighted by atomic mass is 10.0. The fourth-order valence-electron chi connectivity index (χ4n) is 3.48. The van der Waals surface area contributed by atoms with Gasteiger partial charge in [0.1, 0.15) is 18.0 Å². The summed E-state index contributed by atoms with van der Waals surface area (Å²) in [4.78, 5) is 18.3. The molecule has 1 aliphatic rings. The van der Waals surface area contributed by atoms with E-state index in [4.69, 9.17) is 14.2 Å². The van der Waals surface area contributed by atoms with Gasteiger partial charge in [-0.25, -0.2) is 0 Å². The zero-order valence-corrected chi connectivity index (χ0v) is 18.4. The number of esters is 1. The summed E-state index contributed by atoms with van der Waals surface area (Å²) >= 11 is 0. The third kappa shape index (κ3) is 6.82. The van der Waals surface area contributed by atoms with Crippen LogP contribution < -0.4 is 4.74 Å². The quantitative estimate of drug-likeness (QED) is 0.639. The van der Waals surface area contributed by atoms with Crippen LogP contribution in [0.3, 0.4) is 0 Å². The standard InChI is InChI=1S/C24H32N2O4/c1-18-15-20(29-17-19-7-10-25-11-8-19)5-6-21(18)22-16-26(13-14-28-22)12-9-23(27)30-24(2,3)4/h5-8,10-11,15,22H,9,12-14,16-17H2,1-4H3. The second-order valence-corrected chi connectivity index (χ2v) is 8.66. The highest BCUT2D eigenvalue weighted by molar-refractivity contribution is 5.70. The smallest absolute Gasteiger partial charge is 0.307 e. The van der Waals surface area contributed by atoms with Crippen LogP contribution in [0.15, 0.2) is 42.7 Å². The number of carbonyl (C=O) groups excluding carboxylic acids is 1. The third-order valence-electron chi connectivity index (χ3n) is 4.95. The Morgan fingerprint density at radius 2 is 2.00 bits per heavy atom. The van der Waals surface area contributed by atoms with Gasteiger partial charge >= 0.3 is 5.97 Å². The lowest BCUT2D eigenvalue weighted by Gasteiger charge is -2.33. The average Bonchev–Trinajstić information content (AvgIpc) is 2.70. The van der Waals surface area contributed by atoms with Gasteiger partial charge in [-0.3, -0.25) is 14.7 Å². The molecular formula is C24H32N2O4. The molecule has 1 unspecified atom stereocenters. The molecule has 3 rings (SSSR count). The summed E-state index contributed by atoms with van der Waals surface area (Å²) in [5.74, 6) is 0.683. The van der Waals surface area contributed by atoms with Crippen molar-refractivity contribution in [2.45, 2.75) is 52.4 Å². The van der Waals surface area contributed by atoms with Crippen LogP contribution in [0.4, 0.5) is 0 Å². The first-order valence-electron chi connectivity index (χ1n) is 10.5. The van der Waals surface area contributed by atoms with Gasteiger partial charge in [0.05, 0.1) is 19.1 Å². The second kappa shape index (κ2) is 10.0. The number of rotatable bonds is 7. The van der Waals surface area contributed by atoms with E-state index in [1.54, 1.807) is 12.4 Å². The van der Waals surface area contributed by atoms with Crippen LogP contribution in [0.25, 0.3) is 0 Å². The van der Waals surface area contributed by atoms with Crippen LogP contribution in [0.2, 0.25) is 0 Å². The maximum absolute atomic E-state index is 12.0. The molecule has 6 nitrogen and oxygen atoms in total. The zero-order chi connectivity index (χ0) is 21.6. The summed E-state index contributed by atoms with van der Waals surface area (Å²) in [6, 6.07) is 10.0. The van der Waals surface area contributed by atoms with E-state index in [0.29, 0.717) is 26.2 Å². The van der Waals surface area contributed by atoms with Crippen molar-refractivity contribution < 1.29 is 19.0 Å². The molecule has 0 N–H and O–H groups in total. The van der Waals surface area contributed by atoms with Gasteiger partial charge in [-0.2, -0.15) is 0 Å². The number of morpholine rings is 1. The maximum Gasteiger partial charge on any atom is 0.307 e. The molecule has 0 bridgehead atoms. The van der Waals surface area contributed by atoms with Crippen LogP contribution in [0.5, 0.6) is 5.75 Å². The van der Waals surface area contributed by atoms with E-state index in [9.17, 15) is 4.79 Å². The van der Waals surface area contributed by atoms with E-state index < -0.39 is 5.60 Å². The molecule has 2 heterocycles. The molecular weight excluding hydrogens is 380 g/mol. The molecule has 1 aromatic carbocycles. The Morgan fingerprint density at radius 1 is 1.23 bits per heavy atom. The molecule has 1 fully saturated rings. The number of pyridine rings is 1. The largest absolute Gasteiger partial charge is 0.489 e. The predicted octanol–water partition coefficient (Wildman–Crippen LogP) is 4.07. The summed E-state index contributed by atoms with van der Waals surface area (Å²) in [6.07, 6.45) is 3.92. The normalized spacial score (nSPS) is 17.5. The van der Waals surface area contributed by atoms with Gasteiger partial charge in [0.25, 0.3) is 0 Å². The van der Waals surface area contributed by atoms with Gasteiger partial charge in [0.2, 0.25) is 0 Å². The van der Waals surface area contributed by atoms with Crippen molar-refractivity contribution in [3.05, 3.63) is 59.4 Å². The van der Waals surface area contributed by atoms with E-state index >= 15 is 0 Å². The highest BCUT2D eigenvalue weighted by Gasteiger charge is 2.24. The molecule has 30 heavy (non-hydrogen) atoms. The molecule has 6 heteroatoms. The zero-order valence-electron chi connectivity index (χ0n) is 18.4. The van der Waals surface area contributed by atoms with Gasteiger partial charge in [-0.15, -0.1) is 0 Å². The third-order valence-corrected chi connectivity index (χ3v) is 4.95. The number of hydrogen-bond donors (Lipinski definition) is 0. The minimum absolute atomic E-state index is 0.00775. The summed E-state index contributed by atoms with van der Waals surface area (Å²) in [5, 5.41) is 0. The van der Waals surface area contributed by atoms with Gasteiger partial charge in [-0.1, -0.05) is 6.07 Å². The summed E-state index contributed by atoms with van der Waals surface area (Å²) in [6.45, 7) is 11.2. The van der Waals surface area contributed by atoms with Crippen molar-refractivity contribution in [2.75, 3.05) is 26.2 Å². The number of aromatic nitrogens is 1. The van der Waals surface area contributed by atoms with Gasteiger partial charge in [0, 0.05) is 32.0 Å². The summed E-state index contributed by atoms with van der Waals surface area (Å²) < 4.78 is 17.3. The maximum atomic E-state index is 12.0. The highest BCUT2D eigenvalue weighted by atomic mass is 16.6. The minimum atomic E-state index is -0.442. The topological polar surface area (TPSA) is 60.9 Å². The molecule has 0 radical (unpaired) electrons. The van der Waals surface area contributed by atoms with Crippen LogP contribution in [-0.2, 0) is 20.9 Å². The van der Waals surface area contributed by atoms with E-state index in [2.05, 4.69) is 28.9 Å². The van der Waals surface area contributed by atoms with E-state index in [1.165, 1.54) is 0 Å².